The summed E-state index contributed by atoms with van der Waals surface area (Å²) in [7, 11) is 0. The lowest BCUT2D eigenvalue weighted by Crippen LogP contribution is -2.14. The molecule has 0 saturated carbocycles. The number of halogens is 1. The van der Waals surface area contributed by atoms with Crippen LogP contribution < -0.4 is 5.32 Å². The van der Waals surface area contributed by atoms with Crippen molar-refractivity contribution < 1.29 is 4.42 Å². The van der Waals surface area contributed by atoms with Crippen LogP contribution in [0.4, 0.5) is 0 Å². The third-order valence-electron chi connectivity index (χ3n) is 2.28. The van der Waals surface area contributed by atoms with Crippen LogP contribution in [0, 0.1) is 0 Å². The van der Waals surface area contributed by atoms with E-state index < -0.39 is 0 Å². The first-order chi connectivity index (χ1) is 8.29. The molecule has 0 unspecified atom stereocenters. The van der Waals surface area contributed by atoms with E-state index >= 15 is 0 Å². The highest BCUT2D eigenvalue weighted by Crippen LogP contribution is 2.28. The lowest BCUT2D eigenvalue weighted by molar-refractivity contribution is 0.492. The van der Waals surface area contributed by atoms with E-state index in [1.165, 1.54) is 0 Å². The highest BCUT2D eigenvalue weighted by molar-refractivity contribution is 9.11. The predicted octanol–water partition coefficient (Wildman–Crippen LogP) is 3.10. The summed E-state index contributed by atoms with van der Waals surface area (Å²) in [4.78, 5) is 0. The Labute approximate surface area is 113 Å². The van der Waals surface area contributed by atoms with Gasteiger partial charge in [-0.1, -0.05) is 6.92 Å². The van der Waals surface area contributed by atoms with Gasteiger partial charge in [0.15, 0.2) is 0 Å². The van der Waals surface area contributed by atoms with Crippen LogP contribution >= 0.6 is 27.3 Å². The van der Waals surface area contributed by atoms with Crippen LogP contribution in [0.1, 0.15) is 19.2 Å². The molecule has 2 aromatic rings. The molecule has 0 spiro atoms. The molecule has 92 valence electrons. The van der Waals surface area contributed by atoms with E-state index in [0.717, 1.165) is 35.3 Å². The minimum atomic E-state index is 0.602. The van der Waals surface area contributed by atoms with Gasteiger partial charge in [0.05, 0.1) is 9.35 Å². The summed E-state index contributed by atoms with van der Waals surface area (Å²) in [5.74, 6) is 1.31. The van der Waals surface area contributed by atoms with Crippen molar-refractivity contribution in [2.45, 2.75) is 19.8 Å². The molecule has 17 heavy (non-hydrogen) atoms. The number of thiophene rings is 1. The molecule has 0 fully saturated rings. The monoisotopic (exact) mass is 315 g/mol. The van der Waals surface area contributed by atoms with E-state index in [-0.39, 0.29) is 0 Å². The Morgan fingerprint density at radius 2 is 2.35 bits per heavy atom. The summed E-state index contributed by atoms with van der Waals surface area (Å²) >= 11 is 5.03. The van der Waals surface area contributed by atoms with Crippen molar-refractivity contribution in [3.05, 3.63) is 21.1 Å². The van der Waals surface area contributed by atoms with Gasteiger partial charge >= 0.3 is 0 Å². The summed E-state index contributed by atoms with van der Waals surface area (Å²) in [6.07, 6.45) is 1.84. The van der Waals surface area contributed by atoms with Crippen LogP contribution in [0.2, 0.25) is 0 Å². The zero-order valence-electron chi connectivity index (χ0n) is 9.57. The summed E-state index contributed by atoms with van der Waals surface area (Å²) < 4.78 is 6.67. The van der Waals surface area contributed by atoms with Crippen molar-refractivity contribution in [2.24, 2.45) is 0 Å². The van der Waals surface area contributed by atoms with Crippen LogP contribution in [0.5, 0.6) is 0 Å². The second kappa shape index (κ2) is 6.28. The Hall–Kier alpha value is -0.720. The minimum absolute atomic E-state index is 0.602. The summed E-state index contributed by atoms with van der Waals surface area (Å²) in [5, 5.41) is 13.4. The fraction of sp³-hybridized carbons (Fsp3) is 0.455. The highest BCUT2D eigenvalue weighted by atomic mass is 79.9. The highest BCUT2D eigenvalue weighted by Gasteiger charge is 2.09. The van der Waals surface area contributed by atoms with Crippen molar-refractivity contribution in [1.29, 1.82) is 0 Å². The number of aryl methyl sites for hydroxylation is 1. The van der Waals surface area contributed by atoms with E-state index in [2.05, 4.69) is 38.4 Å². The van der Waals surface area contributed by atoms with Gasteiger partial charge in [0, 0.05) is 11.8 Å². The van der Waals surface area contributed by atoms with E-state index in [1.54, 1.807) is 11.3 Å². The summed E-state index contributed by atoms with van der Waals surface area (Å²) in [5.41, 5.74) is 0.979. The quantitative estimate of drug-likeness (QED) is 0.832. The average molecular weight is 316 g/mol. The summed E-state index contributed by atoms with van der Waals surface area (Å²) in [6, 6.07) is 1.99. The van der Waals surface area contributed by atoms with Gasteiger partial charge in [-0.3, -0.25) is 0 Å². The lowest BCUT2D eigenvalue weighted by atomic mass is 10.3. The van der Waals surface area contributed by atoms with E-state index in [1.807, 2.05) is 11.4 Å². The standard InChI is InChI=1S/C11H14BrN3OS/c1-2-13-5-3-4-10-14-15-11(16-10)8-6-9(12)17-7-8/h6-7,13H,2-5H2,1H3. The molecular weight excluding hydrogens is 302 g/mol. The number of rotatable bonds is 6. The molecule has 0 radical (unpaired) electrons. The first-order valence-corrected chi connectivity index (χ1v) is 7.24. The Bertz CT molecular complexity index is 469. The second-order valence-electron chi connectivity index (χ2n) is 3.60. The topological polar surface area (TPSA) is 51.0 Å². The zero-order chi connectivity index (χ0) is 12.1. The molecule has 4 nitrogen and oxygen atoms in total. The van der Waals surface area contributed by atoms with Crippen LogP contribution in [0.15, 0.2) is 19.6 Å². The van der Waals surface area contributed by atoms with Gasteiger partial charge in [0.1, 0.15) is 0 Å². The van der Waals surface area contributed by atoms with Crippen LogP contribution in [0.3, 0.4) is 0 Å². The van der Waals surface area contributed by atoms with Gasteiger partial charge in [-0.25, -0.2) is 0 Å². The normalized spacial score (nSPS) is 10.9. The fourth-order valence-electron chi connectivity index (χ4n) is 1.43. The first kappa shape index (κ1) is 12.7. The summed E-state index contributed by atoms with van der Waals surface area (Å²) in [6.45, 7) is 4.08. The third kappa shape index (κ3) is 3.62. The largest absolute Gasteiger partial charge is 0.421 e. The zero-order valence-corrected chi connectivity index (χ0v) is 12.0. The number of hydrogen-bond acceptors (Lipinski definition) is 5. The second-order valence-corrected chi connectivity index (χ2v) is 5.89. The van der Waals surface area contributed by atoms with Crippen molar-refractivity contribution in [2.75, 3.05) is 13.1 Å². The maximum Gasteiger partial charge on any atom is 0.248 e. The van der Waals surface area contributed by atoms with E-state index in [9.17, 15) is 0 Å². The molecule has 0 bridgehead atoms. The molecule has 0 amide bonds. The maximum atomic E-state index is 5.60. The van der Waals surface area contributed by atoms with Crippen LogP contribution in [-0.2, 0) is 6.42 Å². The van der Waals surface area contributed by atoms with Gasteiger partial charge < -0.3 is 9.73 Å². The Kier molecular flexibility index (Phi) is 4.70. The molecule has 0 aromatic carbocycles. The van der Waals surface area contributed by atoms with Gasteiger partial charge in [0.25, 0.3) is 0 Å². The van der Waals surface area contributed by atoms with Crippen molar-refractivity contribution in [3.63, 3.8) is 0 Å². The van der Waals surface area contributed by atoms with Crippen molar-refractivity contribution >= 4 is 27.3 Å². The number of hydrogen-bond donors (Lipinski definition) is 1. The molecule has 1 N–H and O–H groups in total. The van der Waals surface area contributed by atoms with Gasteiger partial charge in [0.2, 0.25) is 11.8 Å². The average Bonchev–Trinajstić information content (AvgIpc) is 2.93. The Morgan fingerprint density at radius 1 is 1.47 bits per heavy atom. The Morgan fingerprint density at radius 3 is 3.06 bits per heavy atom. The number of nitrogens with zero attached hydrogens (tertiary/aromatic N) is 2. The smallest absolute Gasteiger partial charge is 0.248 e. The maximum absolute atomic E-state index is 5.60. The Balaban J connectivity index is 1.92. The molecular formula is C11H14BrN3OS. The van der Waals surface area contributed by atoms with Crippen molar-refractivity contribution in [1.82, 2.24) is 15.5 Å². The lowest BCUT2D eigenvalue weighted by Gasteiger charge is -1.97. The van der Waals surface area contributed by atoms with Gasteiger partial charge in [-0.05, 0) is 41.5 Å². The van der Waals surface area contributed by atoms with Gasteiger partial charge in [-0.15, -0.1) is 21.5 Å². The minimum Gasteiger partial charge on any atom is -0.421 e. The van der Waals surface area contributed by atoms with E-state index in [4.69, 9.17) is 4.42 Å². The van der Waals surface area contributed by atoms with E-state index in [0.29, 0.717) is 11.8 Å². The number of aromatic nitrogens is 2. The van der Waals surface area contributed by atoms with Crippen molar-refractivity contribution in [3.8, 4) is 11.5 Å². The molecule has 0 aliphatic carbocycles. The molecule has 6 heteroatoms. The molecule has 0 aliphatic heterocycles. The molecule has 0 aliphatic rings. The molecule has 2 rings (SSSR count). The van der Waals surface area contributed by atoms with Gasteiger partial charge in [-0.2, -0.15) is 0 Å². The third-order valence-corrected chi connectivity index (χ3v) is 3.78. The fourth-order valence-corrected chi connectivity index (χ4v) is 2.57. The van der Waals surface area contributed by atoms with Crippen LogP contribution in [-0.4, -0.2) is 23.3 Å². The molecule has 2 aromatic heterocycles. The first-order valence-electron chi connectivity index (χ1n) is 5.57. The van der Waals surface area contributed by atoms with Crippen LogP contribution in [0.25, 0.3) is 11.5 Å². The molecule has 0 atom stereocenters. The SMILES string of the molecule is CCNCCCc1nnc(-c2csc(Br)c2)o1. The number of nitrogens with one attached hydrogen (secondary N) is 1. The molecule has 2 heterocycles. The predicted molar refractivity (Wildman–Crippen MR) is 72.2 cm³/mol. The molecule has 0 saturated heterocycles.